The van der Waals surface area contributed by atoms with E-state index in [1.165, 1.54) is 25.0 Å². The Morgan fingerprint density at radius 3 is 2.77 bits per heavy atom. The minimum Gasteiger partial charge on any atom is -0.329 e. The number of H-pyrrole nitrogens is 1. The van der Waals surface area contributed by atoms with Gasteiger partial charge in [0, 0.05) is 30.2 Å². The Labute approximate surface area is 131 Å². The topological polar surface area (TPSA) is 49.0 Å². The lowest BCUT2D eigenvalue weighted by Gasteiger charge is -2.31. The Balaban J connectivity index is 1.44. The van der Waals surface area contributed by atoms with Crippen LogP contribution in [0, 0.1) is 5.92 Å². The maximum atomic E-state index is 11.7. The second-order valence-electron chi connectivity index (χ2n) is 6.10. The summed E-state index contributed by atoms with van der Waals surface area (Å²) in [7, 11) is 0. The first-order valence-electron chi connectivity index (χ1n) is 8.10. The average molecular weight is 297 g/mol. The molecule has 22 heavy (non-hydrogen) atoms. The van der Waals surface area contributed by atoms with Gasteiger partial charge in [-0.3, -0.25) is 14.7 Å². The van der Waals surface area contributed by atoms with Gasteiger partial charge in [-0.1, -0.05) is 12.1 Å². The van der Waals surface area contributed by atoms with Gasteiger partial charge in [0.05, 0.1) is 0 Å². The van der Waals surface area contributed by atoms with Crippen LogP contribution in [0.15, 0.2) is 47.5 Å². The Morgan fingerprint density at radius 1 is 1.18 bits per heavy atom. The third kappa shape index (κ3) is 4.04. The monoisotopic (exact) mass is 297 g/mol. The number of pyridine rings is 2. The van der Waals surface area contributed by atoms with Gasteiger partial charge in [-0.2, -0.15) is 0 Å². The number of piperidine rings is 1. The van der Waals surface area contributed by atoms with Crippen molar-refractivity contribution in [3.8, 4) is 0 Å². The molecule has 1 saturated heterocycles. The lowest BCUT2D eigenvalue weighted by molar-refractivity contribution is 0.172. The summed E-state index contributed by atoms with van der Waals surface area (Å²) in [5, 5.41) is 0. The molecule has 0 aromatic carbocycles. The highest BCUT2D eigenvalue weighted by Gasteiger charge is 2.19. The molecule has 1 fully saturated rings. The number of hydrogen-bond donors (Lipinski definition) is 1. The van der Waals surface area contributed by atoms with Crippen molar-refractivity contribution in [2.75, 3.05) is 13.1 Å². The van der Waals surface area contributed by atoms with Crippen LogP contribution >= 0.6 is 0 Å². The molecular formula is C18H23N3O. The molecule has 0 unspecified atom stereocenters. The molecule has 0 radical (unpaired) electrons. The van der Waals surface area contributed by atoms with Crippen LogP contribution < -0.4 is 5.56 Å². The Hall–Kier alpha value is -1.94. The van der Waals surface area contributed by atoms with Gasteiger partial charge in [-0.15, -0.1) is 0 Å². The zero-order valence-electron chi connectivity index (χ0n) is 12.9. The lowest BCUT2D eigenvalue weighted by Crippen LogP contribution is -2.35. The van der Waals surface area contributed by atoms with Gasteiger partial charge >= 0.3 is 0 Å². The molecule has 0 spiro atoms. The quantitative estimate of drug-likeness (QED) is 0.923. The number of aromatic nitrogens is 2. The highest BCUT2D eigenvalue weighted by atomic mass is 16.1. The number of hydrogen-bond acceptors (Lipinski definition) is 3. The van der Waals surface area contributed by atoms with E-state index in [1.807, 2.05) is 24.4 Å². The first-order chi connectivity index (χ1) is 10.8. The molecule has 0 aliphatic carbocycles. The first-order valence-corrected chi connectivity index (χ1v) is 8.10. The van der Waals surface area contributed by atoms with E-state index < -0.39 is 0 Å². The van der Waals surface area contributed by atoms with Gasteiger partial charge in [0.25, 0.3) is 5.56 Å². The van der Waals surface area contributed by atoms with Crippen LogP contribution in [0.1, 0.15) is 30.5 Å². The third-order valence-corrected chi connectivity index (χ3v) is 4.54. The number of aryl methyl sites for hydroxylation is 1. The van der Waals surface area contributed by atoms with Gasteiger partial charge in [0.2, 0.25) is 0 Å². The number of nitrogens with one attached hydrogen (secondary N) is 1. The predicted molar refractivity (Wildman–Crippen MR) is 87.6 cm³/mol. The van der Waals surface area contributed by atoms with E-state index in [1.54, 1.807) is 6.20 Å². The molecule has 3 heterocycles. The van der Waals surface area contributed by atoms with E-state index in [2.05, 4.69) is 27.0 Å². The van der Waals surface area contributed by atoms with Crippen molar-refractivity contribution in [1.29, 1.82) is 0 Å². The summed E-state index contributed by atoms with van der Waals surface area (Å²) >= 11 is 0. The maximum absolute atomic E-state index is 11.7. The minimum atomic E-state index is 0.0415. The maximum Gasteiger partial charge on any atom is 0.252 e. The van der Waals surface area contributed by atoms with Gasteiger partial charge in [-0.05, 0) is 62.9 Å². The van der Waals surface area contributed by atoms with Crippen LogP contribution in [-0.4, -0.2) is 28.0 Å². The molecule has 116 valence electrons. The summed E-state index contributed by atoms with van der Waals surface area (Å²) in [6.45, 7) is 2.94. The molecule has 4 nitrogen and oxygen atoms in total. The van der Waals surface area contributed by atoms with Crippen molar-refractivity contribution in [3.05, 3.63) is 64.3 Å². The molecule has 2 aromatic rings. The SMILES string of the molecule is O=c1[nH]cccc1CN1CCC(CCc2ccccn2)CC1. The van der Waals surface area contributed by atoms with Gasteiger partial charge in [-0.25, -0.2) is 0 Å². The fourth-order valence-electron chi connectivity index (χ4n) is 3.15. The summed E-state index contributed by atoms with van der Waals surface area (Å²) in [5.41, 5.74) is 2.11. The standard InChI is InChI=1S/C18H23N3O/c22-18-16(4-3-11-20-18)14-21-12-8-15(9-13-21)6-7-17-5-1-2-10-19-17/h1-5,10-11,15H,6-9,12-14H2,(H,20,22). The first kappa shape index (κ1) is 15.0. The number of nitrogens with zero attached hydrogens (tertiary/aromatic N) is 2. The molecule has 2 aromatic heterocycles. The van der Waals surface area contributed by atoms with E-state index in [9.17, 15) is 4.79 Å². The second kappa shape index (κ2) is 7.36. The number of rotatable bonds is 5. The van der Waals surface area contributed by atoms with E-state index in [4.69, 9.17) is 0 Å². The average Bonchev–Trinajstić information content (AvgIpc) is 2.57. The smallest absolute Gasteiger partial charge is 0.252 e. The molecule has 0 bridgehead atoms. The second-order valence-corrected chi connectivity index (χ2v) is 6.10. The molecule has 3 rings (SSSR count). The van der Waals surface area contributed by atoms with Crippen LogP contribution in [-0.2, 0) is 13.0 Å². The summed E-state index contributed by atoms with van der Waals surface area (Å²) in [5.74, 6) is 0.785. The summed E-state index contributed by atoms with van der Waals surface area (Å²) in [4.78, 5) is 21.3. The fraction of sp³-hybridized carbons (Fsp3) is 0.444. The molecule has 1 aliphatic rings. The van der Waals surface area contributed by atoms with Gasteiger partial charge in [0.15, 0.2) is 0 Å². The number of aromatic amines is 1. The molecule has 0 saturated carbocycles. The Morgan fingerprint density at radius 2 is 2.05 bits per heavy atom. The predicted octanol–water partition coefficient (Wildman–Crippen LogP) is 2.61. The summed E-state index contributed by atoms with van der Waals surface area (Å²) in [6, 6.07) is 9.95. The van der Waals surface area contributed by atoms with Crippen molar-refractivity contribution in [2.24, 2.45) is 5.92 Å². The third-order valence-electron chi connectivity index (χ3n) is 4.54. The Bertz CT molecular complexity index is 630. The zero-order chi connectivity index (χ0) is 15.2. The van der Waals surface area contributed by atoms with Crippen LogP contribution in [0.2, 0.25) is 0 Å². The van der Waals surface area contributed by atoms with Crippen molar-refractivity contribution >= 4 is 0 Å². The summed E-state index contributed by atoms with van der Waals surface area (Å²) in [6.07, 6.45) is 8.29. The van der Waals surface area contributed by atoms with Crippen molar-refractivity contribution in [3.63, 3.8) is 0 Å². The Kier molecular flexibility index (Phi) is 5.01. The van der Waals surface area contributed by atoms with Crippen LogP contribution in [0.5, 0.6) is 0 Å². The molecule has 1 aliphatic heterocycles. The molecular weight excluding hydrogens is 274 g/mol. The highest BCUT2D eigenvalue weighted by molar-refractivity contribution is 5.09. The lowest BCUT2D eigenvalue weighted by atomic mass is 9.91. The number of likely N-dealkylation sites (tertiary alicyclic amines) is 1. The van der Waals surface area contributed by atoms with E-state index in [0.717, 1.165) is 37.5 Å². The molecule has 0 atom stereocenters. The normalized spacial score (nSPS) is 16.7. The summed E-state index contributed by atoms with van der Waals surface area (Å²) < 4.78 is 0. The van der Waals surface area contributed by atoms with E-state index >= 15 is 0 Å². The zero-order valence-corrected chi connectivity index (χ0v) is 12.9. The van der Waals surface area contributed by atoms with E-state index in [-0.39, 0.29) is 5.56 Å². The molecule has 4 heteroatoms. The minimum absolute atomic E-state index is 0.0415. The van der Waals surface area contributed by atoms with Crippen molar-refractivity contribution < 1.29 is 0 Å². The largest absolute Gasteiger partial charge is 0.329 e. The van der Waals surface area contributed by atoms with Crippen LogP contribution in [0.25, 0.3) is 0 Å². The van der Waals surface area contributed by atoms with Gasteiger partial charge < -0.3 is 4.98 Å². The van der Waals surface area contributed by atoms with Crippen molar-refractivity contribution in [1.82, 2.24) is 14.9 Å². The fourth-order valence-corrected chi connectivity index (χ4v) is 3.15. The molecule has 1 N–H and O–H groups in total. The van der Waals surface area contributed by atoms with Crippen LogP contribution in [0.3, 0.4) is 0 Å². The molecule has 0 amide bonds. The van der Waals surface area contributed by atoms with Crippen LogP contribution in [0.4, 0.5) is 0 Å². The van der Waals surface area contributed by atoms with E-state index in [0.29, 0.717) is 0 Å². The van der Waals surface area contributed by atoms with Gasteiger partial charge in [0.1, 0.15) is 0 Å². The van der Waals surface area contributed by atoms with Crippen molar-refractivity contribution in [2.45, 2.75) is 32.2 Å². The highest BCUT2D eigenvalue weighted by Crippen LogP contribution is 2.22.